The summed E-state index contributed by atoms with van der Waals surface area (Å²) >= 11 is 7.93. The summed E-state index contributed by atoms with van der Waals surface area (Å²) in [6, 6.07) is 26.0. The number of rotatable bonds is 8. The normalized spacial score (nSPS) is 14.2. The van der Waals surface area contributed by atoms with Crippen LogP contribution in [0.15, 0.2) is 84.0 Å². The predicted molar refractivity (Wildman–Crippen MR) is 150 cm³/mol. The molecule has 0 saturated carbocycles. The number of nitrogens with zero attached hydrogens (tertiary/aromatic N) is 5. The van der Waals surface area contributed by atoms with E-state index in [4.69, 9.17) is 11.6 Å². The number of thioether (sulfide) groups is 1. The fraction of sp³-hybridized carbons (Fsp3) is 0.276. The van der Waals surface area contributed by atoms with Crippen LogP contribution in [0.4, 0.5) is 0 Å². The average molecular weight is 532 g/mol. The monoisotopic (exact) mass is 531 g/mol. The van der Waals surface area contributed by atoms with Gasteiger partial charge < -0.3 is 9.80 Å². The van der Waals surface area contributed by atoms with Crippen molar-refractivity contribution in [2.24, 2.45) is 0 Å². The van der Waals surface area contributed by atoms with E-state index in [0.717, 1.165) is 60.5 Å². The average Bonchev–Trinajstić information content (AvgIpc) is 3.34. The summed E-state index contributed by atoms with van der Waals surface area (Å²) in [6.07, 6.45) is 0.663. The molecule has 0 aliphatic carbocycles. The molecule has 0 radical (unpaired) electrons. The molecular formula is C29H30ClN5OS. The largest absolute Gasteiger partial charge is 0.336 e. The quantitative estimate of drug-likeness (QED) is 0.278. The van der Waals surface area contributed by atoms with Crippen LogP contribution in [0.3, 0.4) is 0 Å². The Morgan fingerprint density at radius 1 is 0.892 bits per heavy atom. The van der Waals surface area contributed by atoms with Crippen molar-refractivity contribution in [1.82, 2.24) is 24.6 Å². The molecular weight excluding hydrogens is 502 g/mol. The molecule has 6 nitrogen and oxygen atoms in total. The number of likely N-dealkylation sites (N-methyl/N-ethyl adjacent to an activating group) is 1. The SMILES string of the molecule is CCN1CCN(C(=O)c2cccc(CSc3nnc(Cc4ccccc4)n3-c3cccc(Cl)c3)c2)CC1. The number of piperazine rings is 1. The van der Waals surface area contributed by atoms with E-state index in [1.165, 1.54) is 5.56 Å². The maximum Gasteiger partial charge on any atom is 0.253 e. The molecule has 3 aromatic carbocycles. The van der Waals surface area contributed by atoms with Crippen LogP contribution in [0.25, 0.3) is 5.69 Å². The first-order valence-corrected chi connectivity index (χ1v) is 13.9. The zero-order valence-corrected chi connectivity index (χ0v) is 22.5. The lowest BCUT2D eigenvalue weighted by Gasteiger charge is -2.34. The molecule has 4 aromatic rings. The number of amides is 1. The number of hydrogen-bond donors (Lipinski definition) is 0. The van der Waals surface area contributed by atoms with Crippen molar-refractivity contribution < 1.29 is 4.79 Å². The van der Waals surface area contributed by atoms with Gasteiger partial charge in [0.25, 0.3) is 5.91 Å². The van der Waals surface area contributed by atoms with E-state index in [0.29, 0.717) is 17.2 Å². The third-order valence-corrected chi connectivity index (χ3v) is 7.86. The molecule has 1 aromatic heterocycles. The molecule has 1 aliphatic heterocycles. The van der Waals surface area contributed by atoms with E-state index in [9.17, 15) is 4.79 Å². The van der Waals surface area contributed by atoms with Crippen LogP contribution in [-0.2, 0) is 12.2 Å². The summed E-state index contributed by atoms with van der Waals surface area (Å²) in [4.78, 5) is 17.5. The maximum absolute atomic E-state index is 13.1. The molecule has 1 fully saturated rings. The van der Waals surface area contributed by atoms with Crippen molar-refractivity contribution in [2.75, 3.05) is 32.7 Å². The Labute approximate surface area is 227 Å². The molecule has 5 rings (SSSR count). The summed E-state index contributed by atoms with van der Waals surface area (Å²) in [6.45, 7) is 6.61. The molecule has 0 N–H and O–H groups in total. The number of carbonyl (C=O) groups is 1. The van der Waals surface area contributed by atoms with Gasteiger partial charge in [0, 0.05) is 48.9 Å². The van der Waals surface area contributed by atoms with E-state index in [1.54, 1.807) is 11.8 Å². The zero-order chi connectivity index (χ0) is 25.6. The second-order valence-corrected chi connectivity index (χ2v) is 10.5. The minimum Gasteiger partial charge on any atom is -0.336 e. The molecule has 190 valence electrons. The van der Waals surface area contributed by atoms with Crippen LogP contribution in [0.2, 0.25) is 5.02 Å². The van der Waals surface area contributed by atoms with Gasteiger partial charge in [-0.1, -0.05) is 78.8 Å². The first kappa shape index (κ1) is 25.5. The number of carbonyl (C=O) groups excluding carboxylic acids is 1. The minimum absolute atomic E-state index is 0.106. The number of hydrogen-bond acceptors (Lipinski definition) is 5. The lowest BCUT2D eigenvalue weighted by atomic mass is 10.1. The van der Waals surface area contributed by atoms with Gasteiger partial charge in [-0.05, 0) is 48.0 Å². The van der Waals surface area contributed by atoms with Gasteiger partial charge in [-0.25, -0.2) is 0 Å². The highest BCUT2D eigenvalue weighted by Gasteiger charge is 2.22. The Morgan fingerprint density at radius 3 is 2.41 bits per heavy atom. The Bertz CT molecular complexity index is 1350. The second kappa shape index (κ2) is 11.9. The van der Waals surface area contributed by atoms with Gasteiger partial charge in [0.2, 0.25) is 0 Å². The first-order chi connectivity index (χ1) is 18.1. The molecule has 2 heterocycles. The van der Waals surface area contributed by atoms with Crippen molar-refractivity contribution in [3.8, 4) is 5.69 Å². The van der Waals surface area contributed by atoms with Crippen LogP contribution in [0.5, 0.6) is 0 Å². The van der Waals surface area contributed by atoms with Crippen LogP contribution >= 0.6 is 23.4 Å². The Balaban J connectivity index is 1.34. The van der Waals surface area contributed by atoms with Crippen LogP contribution < -0.4 is 0 Å². The van der Waals surface area contributed by atoms with Gasteiger partial charge in [-0.15, -0.1) is 10.2 Å². The van der Waals surface area contributed by atoms with E-state index in [1.807, 2.05) is 65.6 Å². The lowest BCUT2D eigenvalue weighted by molar-refractivity contribution is 0.0643. The first-order valence-electron chi connectivity index (χ1n) is 12.6. The van der Waals surface area contributed by atoms with Crippen molar-refractivity contribution in [3.05, 3.63) is 106 Å². The van der Waals surface area contributed by atoms with Crippen LogP contribution in [0.1, 0.15) is 34.2 Å². The molecule has 0 bridgehead atoms. The van der Waals surface area contributed by atoms with Gasteiger partial charge in [-0.3, -0.25) is 9.36 Å². The highest BCUT2D eigenvalue weighted by Crippen LogP contribution is 2.28. The van der Waals surface area contributed by atoms with Crippen LogP contribution in [0, 0.1) is 0 Å². The molecule has 8 heteroatoms. The fourth-order valence-electron chi connectivity index (χ4n) is 4.55. The van der Waals surface area contributed by atoms with Gasteiger partial charge in [0.15, 0.2) is 5.16 Å². The summed E-state index contributed by atoms with van der Waals surface area (Å²) in [5, 5.41) is 10.5. The molecule has 0 atom stereocenters. The number of aromatic nitrogens is 3. The van der Waals surface area contributed by atoms with Gasteiger partial charge in [-0.2, -0.15) is 0 Å². The summed E-state index contributed by atoms with van der Waals surface area (Å²) in [5.41, 5.74) is 3.92. The number of halogens is 1. The summed E-state index contributed by atoms with van der Waals surface area (Å²) in [5.74, 6) is 1.63. The third kappa shape index (κ3) is 6.24. The summed E-state index contributed by atoms with van der Waals surface area (Å²) < 4.78 is 2.08. The van der Waals surface area contributed by atoms with Crippen LogP contribution in [-0.4, -0.2) is 63.2 Å². The second-order valence-electron chi connectivity index (χ2n) is 9.09. The molecule has 0 spiro atoms. The molecule has 37 heavy (non-hydrogen) atoms. The molecule has 1 aliphatic rings. The fourth-order valence-corrected chi connectivity index (χ4v) is 5.65. The van der Waals surface area contributed by atoms with Gasteiger partial charge >= 0.3 is 0 Å². The van der Waals surface area contributed by atoms with Crippen molar-refractivity contribution in [2.45, 2.75) is 24.3 Å². The van der Waals surface area contributed by atoms with E-state index in [-0.39, 0.29) is 5.91 Å². The van der Waals surface area contributed by atoms with E-state index < -0.39 is 0 Å². The zero-order valence-electron chi connectivity index (χ0n) is 20.9. The topological polar surface area (TPSA) is 54.3 Å². The summed E-state index contributed by atoms with van der Waals surface area (Å²) in [7, 11) is 0. The van der Waals surface area contributed by atoms with Crippen molar-refractivity contribution >= 4 is 29.3 Å². The molecule has 1 saturated heterocycles. The van der Waals surface area contributed by atoms with Gasteiger partial charge in [0.1, 0.15) is 5.82 Å². The number of benzene rings is 3. The maximum atomic E-state index is 13.1. The van der Waals surface area contributed by atoms with E-state index in [2.05, 4.69) is 44.8 Å². The predicted octanol–water partition coefficient (Wildman–Crippen LogP) is 5.58. The highest BCUT2D eigenvalue weighted by molar-refractivity contribution is 7.98. The van der Waals surface area contributed by atoms with E-state index >= 15 is 0 Å². The lowest BCUT2D eigenvalue weighted by Crippen LogP contribution is -2.48. The van der Waals surface area contributed by atoms with Crippen molar-refractivity contribution in [1.29, 1.82) is 0 Å². The molecule has 0 unspecified atom stereocenters. The Hall–Kier alpha value is -3.13. The molecule has 1 amide bonds. The van der Waals surface area contributed by atoms with Gasteiger partial charge in [0.05, 0.1) is 5.69 Å². The Morgan fingerprint density at radius 2 is 1.65 bits per heavy atom. The highest BCUT2D eigenvalue weighted by atomic mass is 35.5. The minimum atomic E-state index is 0.106. The smallest absolute Gasteiger partial charge is 0.253 e. The third-order valence-electron chi connectivity index (χ3n) is 6.62. The van der Waals surface area contributed by atoms with Crippen molar-refractivity contribution in [3.63, 3.8) is 0 Å². The Kier molecular flexibility index (Phi) is 8.24. The standard InChI is InChI=1S/C29H30ClN5OS/c1-2-33-14-16-34(17-15-33)28(36)24-11-6-10-23(18-24)21-37-29-32-31-27(19-22-8-4-3-5-9-22)35(29)26-13-7-12-25(30)20-26/h3-13,18,20H,2,14-17,19,21H2,1H3.